The normalized spacial score (nSPS) is 16.4. The lowest BCUT2D eigenvalue weighted by Crippen LogP contribution is -2.50. The number of likely N-dealkylation sites (tertiary alicyclic amines) is 2. The molecule has 232 valence electrons. The van der Waals surface area contributed by atoms with Crippen molar-refractivity contribution in [2.45, 2.75) is 32.2 Å². The monoisotopic (exact) mass is 612 g/mol. The van der Waals surface area contributed by atoms with Gasteiger partial charge in [0.15, 0.2) is 12.0 Å². The maximum absolute atomic E-state index is 14.9. The van der Waals surface area contributed by atoms with E-state index in [-0.39, 0.29) is 30.5 Å². The van der Waals surface area contributed by atoms with E-state index in [0.29, 0.717) is 49.7 Å². The highest BCUT2D eigenvalue weighted by Gasteiger charge is 2.50. The Morgan fingerprint density at radius 3 is 2.24 bits per heavy atom. The molecule has 0 radical (unpaired) electrons. The van der Waals surface area contributed by atoms with Gasteiger partial charge in [0.25, 0.3) is 11.8 Å². The van der Waals surface area contributed by atoms with E-state index >= 15 is 0 Å². The fourth-order valence-corrected chi connectivity index (χ4v) is 5.90. The summed E-state index contributed by atoms with van der Waals surface area (Å²) in [5.41, 5.74) is 1.80. The molecule has 2 aliphatic rings. The zero-order chi connectivity index (χ0) is 31.4. The SMILES string of the molecule is O=C(COC(=O)C1(C(=O)O)CCN(Cc2ccc(-c3noc(-c4ccc(-c5ccccc5)c(F)c4)n3)cc2)CC1)N1CCCC1. The fraction of sp³-hybridized carbons (Fsp3) is 0.324. The molecule has 2 saturated heterocycles. The molecule has 2 fully saturated rings. The lowest BCUT2D eigenvalue weighted by molar-refractivity contribution is -0.175. The third-order valence-electron chi connectivity index (χ3n) is 8.64. The molecule has 10 nitrogen and oxygen atoms in total. The molecule has 1 aromatic heterocycles. The van der Waals surface area contributed by atoms with Crippen LogP contribution in [0, 0.1) is 11.2 Å². The number of amides is 1. The minimum Gasteiger partial charge on any atom is -0.480 e. The third-order valence-corrected chi connectivity index (χ3v) is 8.64. The zero-order valence-corrected chi connectivity index (χ0v) is 24.7. The molecule has 0 aliphatic carbocycles. The number of esters is 1. The number of carboxylic acid groups (broad SMARTS) is 1. The topological polar surface area (TPSA) is 126 Å². The summed E-state index contributed by atoms with van der Waals surface area (Å²) in [4.78, 5) is 45.5. The second-order valence-corrected chi connectivity index (χ2v) is 11.5. The molecular formula is C34H33FN4O6. The number of hydrogen-bond acceptors (Lipinski definition) is 8. The van der Waals surface area contributed by atoms with Crippen LogP contribution in [-0.2, 0) is 25.7 Å². The standard InChI is InChI=1S/C34H33FN4O6/c35-28-20-26(12-13-27(28)24-6-2-1-3-7-24)31-36-30(37-45-31)25-10-8-23(9-11-25)21-38-18-14-34(15-19-38,32(41)42)33(43)44-22-29(40)39-16-4-5-17-39/h1-3,6-13,20H,4-5,14-19,21-22H2,(H,41,42). The second kappa shape index (κ2) is 13.0. The molecule has 0 atom stereocenters. The molecule has 0 unspecified atom stereocenters. The number of nitrogens with zero attached hydrogens (tertiary/aromatic N) is 4. The van der Waals surface area contributed by atoms with Crippen molar-refractivity contribution in [3.8, 4) is 34.0 Å². The van der Waals surface area contributed by atoms with E-state index < -0.39 is 24.0 Å². The Balaban J connectivity index is 1.04. The Morgan fingerprint density at radius 2 is 1.58 bits per heavy atom. The van der Waals surface area contributed by atoms with Crippen molar-refractivity contribution in [1.29, 1.82) is 0 Å². The maximum Gasteiger partial charge on any atom is 0.324 e. The predicted molar refractivity (Wildman–Crippen MR) is 162 cm³/mol. The predicted octanol–water partition coefficient (Wildman–Crippen LogP) is 5.04. The molecule has 45 heavy (non-hydrogen) atoms. The highest BCUT2D eigenvalue weighted by Crippen LogP contribution is 2.34. The van der Waals surface area contributed by atoms with Crippen LogP contribution in [0.2, 0.25) is 0 Å². The van der Waals surface area contributed by atoms with Gasteiger partial charge in [0.2, 0.25) is 5.82 Å². The van der Waals surface area contributed by atoms with Crippen LogP contribution in [0.3, 0.4) is 0 Å². The summed E-state index contributed by atoms with van der Waals surface area (Å²) in [6.07, 6.45) is 2.02. The van der Waals surface area contributed by atoms with Crippen molar-refractivity contribution in [3.05, 3.63) is 84.2 Å². The first-order chi connectivity index (χ1) is 21.8. The smallest absolute Gasteiger partial charge is 0.324 e. The van der Waals surface area contributed by atoms with Crippen LogP contribution in [-0.4, -0.2) is 75.7 Å². The average Bonchev–Trinajstić information content (AvgIpc) is 3.78. The van der Waals surface area contributed by atoms with Crippen molar-refractivity contribution >= 4 is 17.8 Å². The molecule has 0 bridgehead atoms. The van der Waals surface area contributed by atoms with Crippen molar-refractivity contribution in [2.24, 2.45) is 5.41 Å². The van der Waals surface area contributed by atoms with Gasteiger partial charge in [-0.05, 0) is 48.9 Å². The number of carbonyl (C=O) groups is 3. The molecule has 6 rings (SSSR count). The van der Waals surface area contributed by atoms with Crippen molar-refractivity contribution < 1.29 is 33.1 Å². The van der Waals surface area contributed by atoms with Crippen LogP contribution in [0.1, 0.15) is 31.2 Å². The van der Waals surface area contributed by atoms with Gasteiger partial charge in [-0.1, -0.05) is 65.8 Å². The lowest BCUT2D eigenvalue weighted by atomic mass is 9.78. The van der Waals surface area contributed by atoms with Gasteiger partial charge in [-0.15, -0.1) is 0 Å². The van der Waals surface area contributed by atoms with Gasteiger partial charge in [0.1, 0.15) is 5.82 Å². The second-order valence-electron chi connectivity index (χ2n) is 11.5. The summed E-state index contributed by atoms with van der Waals surface area (Å²) < 4.78 is 25.5. The number of halogens is 1. The number of hydrogen-bond donors (Lipinski definition) is 1. The Labute approximate surface area is 259 Å². The number of ether oxygens (including phenoxy) is 1. The van der Waals surface area contributed by atoms with E-state index in [0.717, 1.165) is 29.5 Å². The van der Waals surface area contributed by atoms with Gasteiger partial charge in [0.05, 0.1) is 0 Å². The highest BCUT2D eigenvalue weighted by molar-refractivity contribution is 6.00. The van der Waals surface area contributed by atoms with Crippen molar-refractivity contribution in [1.82, 2.24) is 19.9 Å². The quantitative estimate of drug-likeness (QED) is 0.204. The van der Waals surface area contributed by atoms with Gasteiger partial charge in [-0.25, -0.2) is 4.39 Å². The Bertz CT molecular complexity index is 1680. The molecule has 4 aromatic rings. The first kappa shape index (κ1) is 30.1. The number of aromatic nitrogens is 2. The molecule has 3 aromatic carbocycles. The van der Waals surface area contributed by atoms with E-state index in [1.165, 1.54) is 6.07 Å². The maximum atomic E-state index is 14.9. The number of piperidine rings is 1. The van der Waals surface area contributed by atoms with Crippen LogP contribution in [0.25, 0.3) is 34.0 Å². The molecule has 2 aliphatic heterocycles. The lowest BCUT2D eigenvalue weighted by Gasteiger charge is -2.37. The molecule has 1 amide bonds. The Kier molecular flexibility index (Phi) is 8.70. The first-order valence-corrected chi connectivity index (χ1v) is 15.0. The zero-order valence-electron chi connectivity index (χ0n) is 24.7. The summed E-state index contributed by atoms with van der Waals surface area (Å²) in [5, 5.41) is 14.0. The van der Waals surface area contributed by atoms with Crippen LogP contribution in [0.5, 0.6) is 0 Å². The Hall–Kier alpha value is -4.90. The number of aliphatic carboxylic acids is 1. The fourth-order valence-electron chi connectivity index (χ4n) is 5.90. The molecule has 3 heterocycles. The summed E-state index contributed by atoms with van der Waals surface area (Å²) in [5.74, 6) is -2.16. The van der Waals surface area contributed by atoms with Gasteiger partial charge in [-0.2, -0.15) is 4.98 Å². The van der Waals surface area contributed by atoms with Crippen LogP contribution in [0.4, 0.5) is 4.39 Å². The first-order valence-electron chi connectivity index (χ1n) is 15.0. The van der Waals surface area contributed by atoms with E-state index in [2.05, 4.69) is 15.0 Å². The van der Waals surface area contributed by atoms with E-state index in [1.807, 2.05) is 54.6 Å². The molecule has 0 saturated carbocycles. The minimum atomic E-state index is -1.66. The number of benzene rings is 3. The van der Waals surface area contributed by atoms with Gasteiger partial charge in [0, 0.05) is 49.4 Å². The van der Waals surface area contributed by atoms with Crippen molar-refractivity contribution in [2.75, 3.05) is 32.8 Å². The summed E-state index contributed by atoms with van der Waals surface area (Å²) in [6.45, 7) is 2.18. The van der Waals surface area contributed by atoms with Gasteiger partial charge >= 0.3 is 11.9 Å². The highest BCUT2D eigenvalue weighted by atomic mass is 19.1. The summed E-state index contributed by atoms with van der Waals surface area (Å²) in [6, 6.07) is 21.7. The Morgan fingerprint density at radius 1 is 0.889 bits per heavy atom. The third kappa shape index (κ3) is 6.48. The van der Waals surface area contributed by atoms with Crippen LogP contribution >= 0.6 is 0 Å². The van der Waals surface area contributed by atoms with Crippen LogP contribution in [0.15, 0.2) is 77.3 Å². The number of carboxylic acids is 1. The van der Waals surface area contributed by atoms with E-state index in [4.69, 9.17) is 9.26 Å². The average molecular weight is 613 g/mol. The van der Waals surface area contributed by atoms with Crippen LogP contribution < -0.4 is 0 Å². The summed E-state index contributed by atoms with van der Waals surface area (Å²) in [7, 11) is 0. The van der Waals surface area contributed by atoms with Gasteiger partial charge in [-0.3, -0.25) is 19.3 Å². The van der Waals surface area contributed by atoms with Crippen molar-refractivity contribution in [3.63, 3.8) is 0 Å². The van der Waals surface area contributed by atoms with Gasteiger partial charge < -0.3 is 19.3 Å². The molecular weight excluding hydrogens is 579 g/mol. The molecule has 0 spiro atoms. The molecule has 1 N–H and O–H groups in total. The largest absolute Gasteiger partial charge is 0.480 e. The minimum absolute atomic E-state index is 0.0930. The van der Waals surface area contributed by atoms with E-state index in [1.54, 1.807) is 17.0 Å². The number of rotatable bonds is 9. The summed E-state index contributed by atoms with van der Waals surface area (Å²) >= 11 is 0. The molecule has 11 heteroatoms. The number of carbonyl (C=O) groups excluding carboxylic acids is 2. The van der Waals surface area contributed by atoms with E-state index in [9.17, 15) is 23.9 Å².